The number of hydrogen-bond donors (Lipinski definition) is 2. The number of imidazole rings is 1. The topological polar surface area (TPSA) is 58.3 Å². The molecule has 0 saturated heterocycles. The van der Waals surface area contributed by atoms with Gasteiger partial charge < -0.3 is 14.8 Å². The molecule has 1 aromatic rings. The largest absolute Gasteiger partial charge is 0.390 e. The molecule has 0 saturated carbocycles. The maximum Gasteiger partial charge on any atom is 0.111 e. The first-order valence-electron chi connectivity index (χ1n) is 4.28. The summed E-state index contributed by atoms with van der Waals surface area (Å²) in [5.74, 6) is 0.773. The Hall–Kier alpha value is -0.870. The van der Waals surface area contributed by atoms with Gasteiger partial charge in [-0.25, -0.2) is 4.98 Å². The number of aliphatic hydroxyl groups is 2. The number of aliphatic hydroxyl groups excluding tert-OH is 1. The lowest BCUT2D eigenvalue weighted by Crippen LogP contribution is -2.37. The van der Waals surface area contributed by atoms with Gasteiger partial charge in [0.1, 0.15) is 5.82 Å². The lowest BCUT2D eigenvalue weighted by Gasteiger charge is -2.23. The summed E-state index contributed by atoms with van der Waals surface area (Å²) < 4.78 is 1.83. The fourth-order valence-electron chi connectivity index (χ4n) is 1.02. The normalized spacial score (nSPS) is 14.5. The molecule has 13 heavy (non-hydrogen) atoms. The molecule has 1 unspecified atom stereocenters. The minimum absolute atomic E-state index is 0.368. The van der Waals surface area contributed by atoms with Gasteiger partial charge in [0.25, 0.3) is 0 Å². The first-order chi connectivity index (χ1) is 5.91. The molecule has 0 bridgehead atoms. The Labute approximate surface area is 77.8 Å². The number of rotatable bonds is 3. The van der Waals surface area contributed by atoms with Crippen molar-refractivity contribution in [3.63, 3.8) is 0 Å². The number of nitrogens with zero attached hydrogens (tertiary/aromatic N) is 2. The predicted molar refractivity (Wildman–Crippen MR) is 49.2 cm³/mol. The average molecular weight is 184 g/mol. The Morgan fingerprint density at radius 3 is 2.62 bits per heavy atom. The van der Waals surface area contributed by atoms with Crippen molar-refractivity contribution in [1.29, 1.82) is 0 Å². The molecule has 4 nitrogen and oxygen atoms in total. The summed E-state index contributed by atoms with van der Waals surface area (Å²) in [7, 11) is 1.86. The molecule has 2 N–H and O–H groups in total. The third-order valence-electron chi connectivity index (χ3n) is 2.11. The van der Waals surface area contributed by atoms with Gasteiger partial charge in [-0.15, -0.1) is 0 Å². The predicted octanol–water partition coefficient (Wildman–Crippen LogP) is 0.0944. The fraction of sp³-hybridized carbons (Fsp3) is 0.667. The molecule has 0 amide bonds. The highest BCUT2D eigenvalue weighted by Gasteiger charge is 2.25. The van der Waals surface area contributed by atoms with Crippen LogP contribution in [0.2, 0.25) is 0 Å². The van der Waals surface area contributed by atoms with Crippen LogP contribution in [0, 0.1) is 0 Å². The molecule has 0 radical (unpaired) electrons. The van der Waals surface area contributed by atoms with Crippen LogP contribution < -0.4 is 0 Å². The van der Waals surface area contributed by atoms with Crippen LogP contribution in [0.5, 0.6) is 0 Å². The molecule has 0 aliphatic heterocycles. The van der Waals surface area contributed by atoms with E-state index in [-0.39, 0.29) is 0 Å². The zero-order chi connectivity index (χ0) is 10.1. The van der Waals surface area contributed by atoms with E-state index in [2.05, 4.69) is 4.98 Å². The highest BCUT2D eigenvalue weighted by molar-refractivity contribution is 4.95. The Bertz CT molecular complexity index is 275. The minimum Gasteiger partial charge on any atom is -0.390 e. The lowest BCUT2D eigenvalue weighted by atomic mass is 9.99. The Kier molecular flexibility index (Phi) is 2.73. The molecule has 0 aliphatic carbocycles. The first kappa shape index (κ1) is 10.2. The minimum atomic E-state index is -1.08. The number of hydrogen-bond acceptors (Lipinski definition) is 3. The van der Waals surface area contributed by atoms with Crippen LogP contribution in [0.4, 0.5) is 0 Å². The molecule has 0 aromatic carbocycles. The van der Waals surface area contributed by atoms with Crippen molar-refractivity contribution in [2.24, 2.45) is 7.05 Å². The van der Waals surface area contributed by atoms with Crippen LogP contribution in [0.3, 0.4) is 0 Å². The van der Waals surface area contributed by atoms with Gasteiger partial charge >= 0.3 is 0 Å². The fourth-order valence-corrected chi connectivity index (χ4v) is 1.02. The Balaban J connectivity index is 2.65. The van der Waals surface area contributed by atoms with Crippen molar-refractivity contribution in [3.8, 4) is 0 Å². The highest BCUT2D eigenvalue weighted by atomic mass is 16.3. The average Bonchev–Trinajstić information content (AvgIpc) is 2.34. The Morgan fingerprint density at radius 1 is 1.62 bits per heavy atom. The van der Waals surface area contributed by atoms with E-state index in [1.54, 1.807) is 20.0 Å². The van der Waals surface area contributed by atoms with Crippen molar-refractivity contribution < 1.29 is 10.2 Å². The second kappa shape index (κ2) is 3.47. The van der Waals surface area contributed by atoms with Gasteiger partial charge in [0.05, 0.1) is 11.7 Å². The summed E-state index contributed by atoms with van der Waals surface area (Å²) in [4.78, 5) is 4.06. The van der Waals surface area contributed by atoms with Crippen molar-refractivity contribution in [2.45, 2.75) is 32.0 Å². The van der Waals surface area contributed by atoms with E-state index in [0.29, 0.717) is 6.42 Å². The van der Waals surface area contributed by atoms with Crippen LogP contribution in [0.1, 0.15) is 19.7 Å². The quantitative estimate of drug-likeness (QED) is 0.700. The van der Waals surface area contributed by atoms with E-state index in [4.69, 9.17) is 0 Å². The smallest absolute Gasteiger partial charge is 0.111 e. The molecule has 1 atom stereocenters. The molecule has 0 spiro atoms. The third-order valence-corrected chi connectivity index (χ3v) is 2.11. The summed E-state index contributed by atoms with van der Waals surface area (Å²) in [6, 6.07) is 0. The van der Waals surface area contributed by atoms with E-state index >= 15 is 0 Å². The monoisotopic (exact) mass is 184 g/mol. The van der Waals surface area contributed by atoms with E-state index in [1.165, 1.54) is 0 Å². The molecule has 1 aromatic heterocycles. The van der Waals surface area contributed by atoms with Gasteiger partial charge in [-0.2, -0.15) is 0 Å². The van der Waals surface area contributed by atoms with Gasteiger partial charge in [0.2, 0.25) is 0 Å². The van der Waals surface area contributed by atoms with Crippen molar-refractivity contribution >= 4 is 0 Å². The van der Waals surface area contributed by atoms with Gasteiger partial charge in [-0.3, -0.25) is 0 Å². The van der Waals surface area contributed by atoms with Crippen LogP contribution in [-0.2, 0) is 13.5 Å². The molecule has 74 valence electrons. The highest BCUT2D eigenvalue weighted by Crippen LogP contribution is 2.12. The van der Waals surface area contributed by atoms with Gasteiger partial charge in [-0.1, -0.05) is 0 Å². The summed E-state index contributed by atoms with van der Waals surface area (Å²) in [6.45, 7) is 3.17. The van der Waals surface area contributed by atoms with Crippen LogP contribution in [-0.4, -0.2) is 31.5 Å². The zero-order valence-corrected chi connectivity index (χ0v) is 8.23. The molecule has 0 fully saturated rings. The van der Waals surface area contributed by atoms with E-state index < -0.39 is 11.7 Å². The molecule has 1 rings (SSSR count). The molecular weight excluding hydrogens is 168 g/mol. The standard InChI is InChI=1S/C9H16N2O2/c1-9(2,13)7(12)6-8-10-4-5-11(8)3/h4-5,7,12-13H,6H2,1-3H3. The zero-order valence-electron chi connectivity index (χ0n) is 8.23. The Morgan fingerprint density at radius 2 is 2.23 bits per heavy atom. The van der Waals surface area contributed by atoms with Crippen LogP contribution in [0.25, 0.3) is 0 Å². The number of aromatic nitrogens is 2. The first-order valence-corrected chi connectivity index (χ1v) is 4.28. The van der Waals surface area contributed by atoms with Crippen molar-refractivity contribution in [2.75, 3.05) is 0 Å². The molecule has 1 heterocycles. The van der Waals surface area contributed by atoms with E-state index in [0.717, 1.165) is 5.82 Å². The van der Waals surface area contributed by atoms with E-state index in [1.807, 2.05) is 17.8 Å². The maximum absolute atomic E-state index is 9.58. The summed E-state index contributed by atoms with van der Waals surface area (Å²) in [5, 5.41) is 19.1. The summed E-state index contributed by atoms with van der Waals surface area (Å²) in [5.41, 5.74) is -1.08. The second-order valence-corrected chi connectivity index (χ2v) is 3.83. The molecular formula is C9H16N2O2. The van der Waals surface area contributed by atoms with Crippen molar-refractivity contribution in [3.05, 3.63) is 18.2 Å². The molecule has 4 heteroatoms. The van der Waals surface area contributed by atoms with Crippen LogP contribution in [0.15, 0.2) is 12.4 Å². The molecule has 0 aliphatic rings. The third kappa shape index (κ3) is 2.54. The second-order valence-electron chi connectivity index (χ2n) is 3.83. The van der Waals surface area contributed by atoms with E-state index in [9.17, 15) is 10.2 Å². The SMILES string of the molecule is Cn1ccnc1CC(O)C(C)(C)O. The van der Waals surface area contributed by atoms with Crippen molar-refractivity contribution in [1.82, 2.24) is 9.55 Å². The van der Waals surface area contributed by atoms with Gasteiger partial charge in [-0.05, 0) is 13.8 Å². The van der Waals surface area contributed by atoms with Gasteiger partial charge in [0, 0.05) is 25.9 Å². The van der Waals surface area contributed by atoms with Crippen LogP contribution >= 0.6 is 0 Å². The summed E-state index contributed by atoms with van der Waals surface area (Å²) >= 11 is 0. The number of aryl methyl sites for hydroxylation is 1. The lowest BCUT2D eigenvalue weighted by molar-refractivity contribution is -0.0480. The maximum atomic E-state index is 9.58. The summed E-state index contributed by atoms with van der Waals surface area (Å²) in [6.07, 6.45) is 3.07. The van der Waals surface area contributed by atoms with Gasteiger partial charge in [0.15, 0.2) is 0 Å².